The summed E-state index contributed by atoms with van der Waals surface area (Å²) in [5.41, 5.74) is 1.66. The highest BCUT2D eigenvalue weighted by Crippen LogP contribution is 2.57. The van der Waals surface area contributed by atoms with Crippen LogP contribution < -0.4 is 0 Å². The highest BCUT2D eigenvalue weighted by atomic mass is 79.9. The van der Waals surface area contributed by atoms with Gasteiger partial charge in [-0.05, 0) is 68.3 Å². The number of hydrogen-bond donors (Lipinski definition) is 0. The first kappa shape index (κ1) is 31.2. The Labute approximate surface area is 232 Å². The van der Waals surface area contributed by atoms with Crippen molar-refractivity contribution in [2.45, 2.75) is 36.7 Å². The van der Waals surface area contributed by atoms with Gasteiger partial charge >= 0.3 is 25.6 Å². The lowest BCUT2D eigenvalue weighted by atomic mass is 10.2. The van der Waals surface area contributed by atoms with E-state index in [1.54, 1.807) is 50.2 Å². The summed E-state index contributed by atoms with van der Waals surface area (Å²) in [6.07, 6.45) is -6.47. The van der Waals surface area contributed by atoms with E-state index < -0.39 is 38.5 Å². The van der Waals surface area contributed by atoms with E-state index >= 15 is 0 Å². The fraction of sp³-hybridized carbons (Fsp3) is 0.333. The van der Waals surface area contributed by atoms with Gasteiger partial charge in [-0.3, -0.25) is 14.2 Å². The van der Waals surface area contributed by atoms with Gasteiger partial charge in [-0.25, -0.2) is 7.94 Å². The molecule has 1 amide bonds. The van der Waals surface area contributed by atoms with Gasteiger partial charge in [-0.1, -0.05) is 31.9 Å². The molecule has 0 aliphatic carbocycles. The number of amides is 1. The second kappa shape index (κ2) is 13.7. The Kier molecular flexibility index (Phi) is 11.9. The largest absolute Gasteiger partial charge is 0.471 e. The van der Waals surface area contributed by atoms with Gasteiger partial charge in [-0.15, -0.1) is 0 Å². The Bertz CT molecular complexity index is 1100. The highest BCUT2D eigenvalue weighted by molar-refractivity contribution is 9.10. The first-order chi connectivity index (χ1) is 16.7. The molecule has 0 aromatic heterocycles. The maximum Gasteiger partial charge on any atom is 0.471 e. The summed E-state index contributed by atoms with van der Waals surface area (Å²) in [4.78, 5) is 25.0. The minimum Gasteiger partial charge on any atom is -0.465 e. The van der Waals surface area contributed by atoms with Gasteiger partial charge in [0.05, 0.1) is 6.61 Å². The molecule has 0 bridgehead atoms. The van der Waals surface area contributed by atoms with Gasteiger partial charge in [0.2, 0.25) is 0 Å². The van der Waals surface area contributed by atoms with E-state index in [0.29, 0.717) is 33.9 Å². The topological polar surface area (TPSA) is 82.1 Å². The molecule has 0 aliphatic rings. The molecule has 2 rings (SSSR count). The van der Waals surface area contributed by atoms with Crippen LogP contribution in [0.2, 0.25) is 0 Å². The predicted molar refractivity (Wildman–Crippen MR) is 139 cm³/mol. The molecule has 0 radical (unpaired) electrons. The second-order valence-corrected chi connectivity index (χ2v) is 12.9. The zero-order valence-corrected chi connectivity index (χ0v) is 24.8. The van der Waals surface area contributed by atoms with Crippen LogP contribution in [-0.4, -0.2) is 42.4 Å². The van der Waals surface area contributed by atoms with E-state index in [1.807, 2.05) is 0 Å². The van der Waals surface area contributed by atoms with E-state index in [0.717, 1.165) is 20.1 Å². The Morgan fingerprint density at radius 3 is 1.83 bits per heavy atom. The van der Waals surface area contributed by atoms with Crippen LogP contribution in [0.4, 0.5) is 13.2 Å². The SMILES string of the molecule is CCOC(=O)CN(CP(=O)(OSc1ccc(Br)c(C)c1)OSc1ccc(Br)c(C)c1)C(=O)C(F)(F)F. The maximum atomic E-state index is 13.6. The minimum absolute atomic E-state index is 0.0551. The van der Waals surface area contributed by atoms with Crippen LogP contribution in [0.25, 0.3) is 0 Å². The maximum absolute atomic E-state index is 13.6. The molecule has 2 aromatic carbocycles. The smallest absolute Gasteiger partial charge is 0.465 e. The summed E-state index contributed by atoms with van der Waals surface area (Å²) in [6, 6.07) is 10.1. The lowest BCUT2D eigenvalue weighted by molar-refractivity contribution is -0.186. The van der Waals surface area contributed by atoms with E-state index in [-0.39, 0.29) is 11.5 Å². The van der Waals surface area contributed by atoms with Crippen LogP contribution >= 0.6 is 63.5 Å². The molecule has 0 fully saturated rings. The standard InChI is InChI=1S/C21H21Br2F3NO6PS2/c1-4-31-19(28)11-27(20(29)21(24,25)26)12-34(30,32-35-15-5-7-17(22)13(2)9-15)33-36-16-6-8-18(23)14(3)10-16/h5-10H,4,11-12H2,1-3H3. The molecule has 36 heavy (non-hydrogen) atoms. The zero-order valence-electron chi connectivity index (χ0n) is 19.1. The van der Waals surface area contributed by atoms with E-state index in [4.69, 9.17) is 7.94 Å². The second-order valence-electron chi connectivity index (χ2n) is 7.20. The van der Waals surface area contributed by atoms with Crippen molar-refractivity contribution < 1.29 is 40.0 Å². The van der Waals surface area contributed by atoms with Gasteiger partial charge in [0.25, 0.3) is 0 Å². The number of carbonyl (C=O) groups is 2. The molecule has 0 saturated heterocycles. The van der Waals surface area contributed by atoms with Crippen molar-refractivity contribution in [3.63, 3.8) is 0 Å². The summed E-state index contributed by atoms with van der Waals surface area (Å²) in [6.45, 7) is 3.86. The molecule has 0 aliphatic heterocycles. The fourth-order valence-electron chi connectivity index (χ4n) is 2.53. The van der Waals surface area contributed by atoms with Crippen LogP contribution in [0.5, 0.6) is 0 Å². The van der Waals surface area contributed by atoms with Gasteiger partial charge < -0.3 is 9.64 Å². The van der Waals surface area contributed by atoms with Crippen LogP contribution in [-0.2, 0) is 26.8 Å². The quantitative estimate of drug-likeness (QED) is 0.135. The third-order valence-electron chi connectivity index (χ3n) is 4.25. The Morgan fingerprint density at radius 2 is 1.44 bits per heavy atom. The summed E-state index contributed by atoms with van der Waals surface area (Å²) < 4.78 is 70.5. The molecule has 0 saturated carbocycles. The van der Waals surface area contributed by atoms with Gasteiger partial charge in [-0.2, -0.15) is 13.2 Å². The fourth-order valence-corrected chi connectivity index (χ4v) is 6.67. The summed E-state index contributed by atoms with van der Waals surface area (Å²) in [7, 11) is -4.46. The third kappa shape index (κ3) is 9.70. The van der Waals surface area contributed by atoms with Gasteiger partial charge in [0.15, 0.2) is 0 Å². The number of alkyl halides is 3. The molecule has 7 nitrogen and oxygen atoms in total. The number of aryl methyl sites for hydroxylation is 2. The molecular weight excluding hydrogens is 674 g/mol. The van der Waals surface area contributed by atoms with Crippen molar-refractivity contribution in [2.75, 3.05) is 19.4 Å². The van der Waals surface area contributed by atoms with E-state index in [2.05, 4.69) is 36.6 Å². The molecule has 0 spiro atoms. The molecular formula is C21H21Br2F3NO6PS2. The molecule has 15 heteroatoms. The average Bonchev–Trinajstić information content (AvgIpc) is 2.79. The summed E-state index contributed by atoms with van der Waals surface area (Å²) in [5, 5.41) is 0. The number of halogens is 5. The first-order valence-corrected chi connectivity index (χ1v) is 14.9. The summed E-state index contributed by atoms with van der Waals surface area (Å²) >= 11 is 7.94. The Balaban J connectivity index is 2.33. The number of nitrogens with zero attached hydrogens (tertiary/aromatic N) is 1. The molecule has 0 atom stereocenters. The van der Waals surface area contributed by atoms with Gasteiger partial charge in [0.1, 0.15) is 12.8 Å². The minimum atomic E-state index is -5.33. The zero-order chi connectivity index (χ0) is 27.1. The van der Waals surface area contributed by atoms with Gasteiger partial charge in [0, 0.05) is 42.8 Å². The molecule has 198 valence electrons. The third-order valence-corrected chi connectivity index (χ3v) is 10.0. The van der Waals surface area contributed by atoms with Crippen LogP contribution in [0, 0.1) is 13.8 Å². The monoisotopic (exact) mass is 693 g/mol. The van der Waals surface area contributed by atoms with Crippen molar-refractivity contribution >= 4 is 75.4 Å². The first-order valence-electron chi connectivity index (χ1n) is 10.1. The van der Waals surface area contributed by atoms with E-state index in [1.165, 1.54) is 6.92 Å². The number of esters is 1. The number of ether oxygens (including phenoxy) is 1. The highest BCUT2D eigenvalue weighted by Gasteiger charge is 2.46. The number of rotatable bonds is 11. The number of hydrogen-bond acceptors (Lipinski definition) is 8. The Hall–Kier alpha value is -1.02. The van der Waals surface area contributed by atoms with Crippen LogP contribution in [0.15, 0.2) is 55.1 Å². The summed E-state index contributed by atoms with van der Waals surface area (Å²) in [5.74, 6) is -3.48. The molecule has 0 unspecified atom stereocenters. The predicted octanol–water partition coefficient (Wildman–Crippen LogP) is 7.68. The molecule has 0 N–H and O–H groups in total. The van der Waals surface area contributed by atoms with Crippen molar-refractivity contribution in [2.24, 2.45) is 0 Å². The van der Waals surface area contributed by atoms with Crippen molar-refractivity contribution in [1.29, 1.82) is 0 Å². The van der Waals surface area contributed by atoms with Crippen LogP contribution in [0.1, 0.15) is 18.1 Å². The van der Waals surface area contributed by atoms with Crippen LogP contribution in [0.3, 0.4) is 0 Å². The lowest BCUT2D eigenvalue weighted by Crippen LogP contribution is -2.44. The Morgan fingerprint density at radius 1 is 0.972 bits per heavy atom. The van der Waals surface area contributed by atoms with Crippen molar-refractivity contribution in [3.05, 3.63) is 56.5 Å². The normalized spacial score (nSPS) is 11.9. The molecule has 2 aromatic rings. The van der Waals surface area contributed by atoms with E-state index in [9.17, 15) is 27.3 Å². The number of benzene rings is 2. The average molecular weight is 695 g/mol. The number of carbonyl (C=O) groups excluding carboxylic acids is 2. The lowest BCUT2D eigenvalue weighted by Gasteiger charge is -2.26. The van der Waals surface area contributed by atoms with Crippen molar-refractivity contribution in [1.82, 2.24) is 4.90 Å². The molecule has 0 heterocycles. The van der Waals surface area contributed by atoms with Crippen molar-refractivity contribution in [3.8, 4) is 0 Å².